The van der Waals surface area contributed by atoms with Gasteiger partial charge in [-0.1, -0.05) is 25.5 Å². The quantitative estimate of drug-likeness (QED) is 0.657. The Bertz CT molecular complexity index is 695. The maximum absolute atomic E-state index is 12.7. The maximum Gasteiger partial charge on any atom is 0.311 e. The fourth-order valence-corrected chi connectivity index (χ4v) is 3.25. The van der Waals surface area contributed by atoms with Gasteiger partial charge in [-0.2, -0.15) is 8.42 Å². The highest BCUT2D eigenvalue weighted by molar-refractivity contribution is 7.87. The van der Waals surface area contributed by atoms with E-state index in [0.717, 1.165) is 31.2 Å². The molecule has 140 valence electrons. The first-order valence-corrected chi connectivity index (χ1v) is 10.5. The van der Waals surface area contributed by atoms with Gasteiger partial charge in [0, 0.05) is 18.5 Å². The molecule has 1 aromatic carbocycles. The number of hydrogen-bond acceptors (Lipinski definition) is 4. The van der Waals surface area contributed by atoms with Gasteiger partial charge in [0.1, 0.15) is 5.75 Å². The van der Waals surface area contributed by atoms with E-state index < -0.39 is 15.4 Å². The van der Waals surface area contributed by atoms with Gasteiger partial charge in [-0.05, 0) is 57.7 Å². The van der Waals surface area contributed by atoms with Crippen LogP contribution in [0.3, 0.4) is 0 Å². The zero-order valence-corrected chi connectivity index (χ0v) is 16.4. The van der Waals surface area contributed by atoms with Gasteiger partial charge in [0.05, 0.1) is 5.25 Å². The number of amides is 1. The Morgan fingerprint density at radius 2 is 1.96 bits per heavy atom. The van der Waals surface area contributed by atoms with Crippen molar-refractivity contribution in [1.29, 1.82) is 0 Å². The van der Waals surface area contributed by atoms with Crippen LogP contribution in [0.25, 0.3) is 0 Å². The van der Waals surface area contributed by atoms with Gasteiger partial charge < -0.3 is 9.08 Å². The van der Waals surface area contributed by atoms with Crippen LogP contribution in [-0.2, 0) is 21.5 Å². The summed E-state index contributed by atoms with van der Waals surface area (Å²) in [7, 11) is -3.62. The van der Waals surface area contributed by atoms with Crippen LogP contribution in [0, 0.1) is 5.92 Å². The third-order valence-corrected chi connectivity index (χ3v) is 6.48. The Morgan fingerprint density at radius 1 is 1.28 bits per heavy atom. The van der Waals surface area contributed by atoms with Crippen molar-refractivity contribution in [3.63, 3.8) is 0 Å². The van der Waals surface area contributed by atoms with Crippen molar-refractivity contribution in [2.45, 2.75) is 71.2 Å². The highest BCUT2D eigenvalue weighted by atomic mass is 32.2. The molecule has 1 aromatic rings. The van der Waals surface area contributed by atoms with Crippen LogP contribution in [-0.4, -0.2) is 30.5 Å². The van der Waals surface area contributed by atoms with Crippen molar-refractivity contribution in [3.8, 4) is 5.75 Å². The normalized spacial score (nSPS) is 16.4. The topological polar surface area (TPSA) is 63.7 Å². The highest BCUT2D eigenvalue weighted by Crippen LogP contribution is 2.30. The van der Waals surface area contributed by atoms with E-state index in [1.807, 2.05) is 11.0 Å². The molecule has 0 aromatic heterocycles. The average Bonchev–Trinajstić information content (AvgIpc) is 2.50. The third kappa shape index (κ3) is 4.97. The largest absolute Gasteiger partial charge is 0.382 e. The van der Waals surface area contributed by atoms with Crippen molar-refractivity contribution < 1.29 is 17.4 Å². The molecule has 25 heavy (non-hydrogen) atoms. The molecule has 0 radical (unpaired) electrons. The van der Waals surface area contributed by atoms with Crippen molar-refractivity contribution in [3.05, 3.63) is 29.8 Å². The van der Waals surface area contributed by atoms with Crippen molar-refractivity contribution in [1.82, 2.24) is 4.90 Å². The monoisotopic (exact) mass is 367 g/mol. The molecule has 0 aliphatic heterocycles. The summed E-state index contributed by atoms with van der Waals surface area (Å²) in [4.78, 5) is 14.6. The minimum Gasteiger partial charge on any atom is -0.382 e. The molecule has 1 fully saturated rings. The van der Waals surface area contributed by atoms with Gasteiger partial charge in [0.2, 0.25) is 5.91 Å². The van der Waals surface area contributed by atoms with E-state index in [1.165, 1.54) is 0 Å². The lowest BCUT2D eigenvalue weighted by Gasteiger charge is -2.35. The first kappa shape index (κ1) is 19.8. The molecule has 1 saturated carbocycles. The van der Waals surface area contributed by atoms with Crippen LogP contribution in [0.15, 0.2) is 24.3 Å². The molecule has 1 aliphatic rings. The molecular weight excluding hydrogens is 338 g/mol. The summed E-state index contributed by atoms with van der Waals surface area (Å²) in [6.07, 6.45) is 3.96. The van der Waals surface area contributed by atoms with E-state index in [0.29, 0.717) is 12.3 Å². The minimum atomic E-state index is -3.62. The molecule has 6 heteroatoms. The van der Waals surface area contributed by atoms with E-state index in [1.54, 1.807) is 32.0 Å². The van der Waals surface area contributed by atoms with Gasteiger partial charge in [-0.3, -0.25) is 4.79 Å². The standard InChI is InChI=1S/C19H29NO4S/c1-5-15(4)20(19(21)17-9-7-10-17)13-16-8-6-11-18(12-16)24-25(22,23)14(2)3/h6,8,11-12,14-15,17H,5,7,9-10,13H2,1-4H3. The molecule has 5 nitrogen and oxygen atoms in total. The lowest BCUT2D eigenvalue weighted by molar-refractivity contribution is -0.141. The van der Waals surface area contributed by atoms with Crippen molar-refractivity contribution >= 4 is 16.0 Å². The van der Waals surface area contributed by atoms with E-state index in [2.05, 4.69) is 13.8 Å². The SMILES string of the molecule is CCC(C)N(Cc1cccc(OS(=O)(=O)C(C)C)c1)C(=O)C1CCC1. The van der Waals surface area contributed by atoms with Gasteiger partial charge in [0.15, 0.2) is 0 Å². The predicted molar refractivity (Wildman–Crippen MR) is 98.8 cm³/mol. The summed E-state index contributed by atoms with van der Waals surface area (Å²) in [6, 6.07) is 7.16. The van der Waals surface area contributed by atoms with E-state index in [-0.39, 0.29) is 17.9 Å². The Labute approximate surface area is 151 Å². The molecule has 1 atom stereocenters. The molecule has 0 spiro atoms. The van der Waals surface area contributed by atoms with E-state index in [9.17, 15) is 13.2 Å². The van der Waals surface area contributed by atoms with Gasteiger partial charge in [-0.25, -0.2) is 0 Å². The van der Waals surface area contributed by atoms with E-state index in [4.69, 9.17) is 4.18 Å². The molecule has 0 bridgehead atoms. The number of benzene rings is 1. The Balaban J connectivity index is 2.16. The fourth-order valence-electron chi connectivity index (χ4n) is 2.68. The lowest BCUT2D eigenvalue weighted by atomic mass is 9.84. The van der Waals surface area contributed by atoms with Crippen LogP contribution < -0.4 is 4.18 Å². The molecule has 1 aliphatic carbocycles. The predicted octanol–water partition coefficient (Wildman–Crippen LogP) is 3.73. The molecule has 0 heterocycles. The summed E-state index contributed by atoms with van der Waals surface area (Å²) < 4.78 is 29.1. The first-order chi connectivity index (χ1) is 11.7. The van der Waals surface area contributed by atoms with Gasteiger partial charge in [0.25, 0.3) is 0 Å². The highest BCUT2D eigenvalue weighted by Gasteiger charge is 2.31. The number of carbonyl (C=O) groups excluding carboxylic acids is 1. The molecule has 0 N–H and O–H groups in total. The summed E-state index contributed by atoms with van der Waals surface area (Å²) in [5.74, 6) is 0.655. The van der Waals surface area contributed by atoms with Crippen molar-refractivity contribution in [2.24, 2.45) is 5.92 Å². The van der Waals surface area contributed by atoms with Crippen LogP contribution in [0.2, 0.25) is 0 Å². The second-order valence-electron chi connectivity index (χ2n) is 7.12. The second kappa shape index (κ2) is 8.21. The second-order valence-corrected chi connectivity index (χ2v) is 9.22. The number of nitrogens with zero attached hydrogens (tertiary/aromatic N) is 1. The summed E-state index contributed by atoms with van der Waals surface area (Å²) in [6.45, 7) is 7.77. The van der Waals surface area contributed by atoms with Crippen molar-refractivity contribution in [2.75, 3.05) is 0 Å². The van der Waals surface area contributed by atoms with Crippen LogP contribution in [0.1, 0.15) is 58.9 Å². The molecule has 2 rings (SSSR count). The fraction of sp³-hybridized carbons (Fsp3) is 0.632. The Morgan fingerprint density at radius 3 is 2.48 bits per heavy atom. The van der Waals surface area contributed by atoms with Crippen LogP contribution in [0.5, 0.6) is 5.75 Å². The first-order valence-electron chi connectivity index (χ1n) is 9.07. The maximum atomic E-state index is 12.7. The Hall–Kier alpha value is -1.56. The van der Waals surface area contributed by atoms with Crippen LogP contribution >= 0.6 is 0 Å². The van der Waals surface area contributed by atoms with Gasteiger partial charge in [-0.15, -0.1) is 0 Å². The third-order valence-electron chi connectivity index (χ3n) is 4.90. The number of rotatable bonds is 8. The molecule has 1 unspecified atom stereocenters. The van der Waals surface area contributed by atoms with E-state index >= 15 is 0 Å². The zero-order chi connectivity index (χ0) is 18.6. The molecule has 1 amide bonds. The zero-order valence-electron chi connectivity index (χ0n) is 15.6. The lowest BCUT2D eigenvalue weighted by Crippen LogP contribution is -2.43. The molecule has 0 saturated heterocycles. The average molecular weight is 368 g/mol. The summed E-state index contributed by atoms with van der Waals surface area (Å²) >= 11 is 0. The summed E-state index contributed by atoms with van der Waals surface area (Å²) in [5.41, 5.74) is 0.879. The number of carbonyl (C=O) groups is 1. The van der Waals surface area contributed by atoms with Crippen LogP contribution in [0.4, 0.5) is 0 Å². The van der Waals surface area contributed by atoms with Gasteiger partial charge >= 0.3 is 10.1 Å². The smallest absolute Gasteiger partial charge is 0.311 e. The summed E-state index contributed by atoms with van der Waals surface area (Å²) in [5, 5.41) is -0.604. The minimum absolute atomic E-state index is 0.148. The number of hydrogen-bond donors (Lipinski definition) is 0. The molecular formula is C19H29NO4S. The Kier molecular flexibility index (Phi) is 6.49.